The molecule has 0 aromatic carbocycles. The van der Waals surface area contributed by atoms with Crippen molar-refractivity contribution < 1.29 is 9.21 Å². The molecule has 76 valence electrons. The van der Waals surface area contributed by atoms with E-state index in [0.29, 0.717) is 28.6 Å². The van der Waals surface area contributed by atoms with E-state index in [1.54, 1.807) is 6.92 Å². The van der Waals surface area contributed by atoms with Crippen LogP contribution < -0.4 is 0 Å². The van der Waals surface area contributed by atoms with Gasteiger partial charge in [0.2, 0.25) is 5.89 Å². The number of Topliss-reactive ketones (excluding diaryl/α,β-unsaturated/α-hetero) is 1. The number of rotatable bonds is 2. The Morgan fingerprint density at radius 3 is 3.00 bits per heavy atom. The third kappa shape index (κ3) is 2.35. The Hall–Kier alpha value is -0.840. The van der Waals surface area contributed by atoms with Gasteiger partial charge in [-0.1, -0.05) is 11.8 Å². The zero-order valence-corrected chi connectivity index (χ0v) is 8.84. The Kier molecular flexibility index (Phi) is 2.86. The van der Waals surface area contributed by atoms with Crippen LogP contribution in [0, 0.1) is 6.92 Å². The predicted molar refractivity (Wildman–Crippen MR) is 52.2 cm³/mol. The summed E-state index contributed by atoms with van der Waals surface area (Å²) in [7, 11) is 0. The standard InChI is InChI=1S/C9H12N2O2S/c1-6-10-11-9(13-6)14-8-4-2-3-7(12)5-8/h8H,2-5H2,1H3. The van der Waals surface area contributed by atoms with Crippen LogP contribution in [0.3, 0.4) is 0 Å². The number of ketones is 1. The first-order valence-corrected chi connectivity index (χ1v) is 5.60. The van der Waals surface area contributed by atoms with Crippen molar-refractivity contribution in [1.29, 1.82) is 0 Å². The van der Waals surface area contributed by atoms with Gasteiger partial charge in [0.1, 0.15) is 5.78 Å². The molecule has 0 spiro atoms. The normalized spacial score (nSPS) is 22.6. The molecule has 1 fully saturated rings. The second kappa shape index (κ2) is 4.13. The van der Waals surface area contributed by atoms with Gasteiger partial charge in [-0.15, -0.1) is 10.2 Å². The minimum absolute atomic E-state index is 0.330. The summed E-state index contributed by atoms with van der Waals surface area (Å²) in [6.07, 6.45) is 3.44. The fourth-order valence-corrected chi connectivity index (χ4v) is 2.65. The van der Waals surface area contributed by atoms with Gasteiger partial charge in [-0.05, 0) is 12.8 Å². The summed E-state index contributed by atoms with van der Waals surface area (Å²) in [5.74, 6) is 0.930. The average molecular weight is 212 g/mol. The van der Waals surface area contributed by atoms with Crippen molar-refractivity contribution in [2.75, 3.05) is 0 Å². The number of aryl methyl sites for hydroxylation is 1. The molecule has 0 N–H and O–H groups in total. The van der Waals surface area contributed by atoms with Gasteiger partial charge >= 0.3 is 0 Å². The summed E-state index contributed by atoms with van der Waals surface area (Å²) in [6, 6.07) is 0. The molecule has 0 radical (unpaired) electrons. The zero-order chi connectivity index (χ0) is 9.97. The van der Waals surface area contributed by atoms with Crippen molar-refractivity contribution in [2.45, 2.75) is 43.1 Å². The summed E-state index contributed by atoms with van der Waals surface area (Å²) in [5, 5.41) is 8.56. The predicted octanol–water partition coefficient (Wildman–Crippen LogP) is 1.98. The lowest BCUT2D eigenvalue weighted by molar-refractivity contribution is -0.120. The smallest absolute Gasteiger partial charge is 0.276 e. The topological polar surface area (TPSA) is 56.0 Å². The molecule has 1 heterocycles. The number of hydrogen-bond acceptors (Lipinski definition) is 5. The lowest BCUT2D eigenvalue weighted by Crippen LogP contribution is -2.16. The first kappa shape index (κ1) is 9.71. The summed E-state index contributed by atoms with van der Waals surface area (Å²) in [4.78, 5) is 11.2. The summed E-state index contributed by atoms with van der Waals surface area (Å²) in [5.41, 5.74) is 0. The van der Waals surface area contributed by atoms with E-state index < -0.39 is 0 Å². The van der Waals surface area contributed by atoms with Gasteiger partial charge in [0.15, 0.2) is 0 Å². The van der Waals surface area contributed by atoms with Crippen LogP contribution in [0.25, 0.3) is 0 Å². The molecular weight excluding hydrogens is 200 g/mol. The highest BCUT2D eigenvalue weighted by atomic mass is 32.2. The summed E-state index contributed by atoms with van der Waals surface area (Å²) < 4.78 is 5.25. The Morgan fingerprint density at radius 1 is 1.50 bits per heavy atom. The van der Waals surface area contributed by atoms with Gasteiger partial charge in [0.25, 0.3) is 5.22 Å². The van der Waals surface area contributed by atoms with Gasteiger partial charge < -0.3 is 4.42 Å². The lowest BCUT2D eigenvalue weighted by Gasteiger charge is -2.17. The highest BCUT2D eigenvalue weighted by molar-refractivity contribution is 7.99. The highest BCUT2D eigenvalue weighted by Crippen LogP contribution is 2.31. The maximum atomic E-state index is 11.2. The SMILES string of the molecule is Cc1nnc(SC2CCCC(=O)C2)o1. The minimum Gasteiger partial charge on any atom is -0.416 e. The molecule has 1 unspecified atom stereocenters. The fraction of sp³-hybridized carbons (Fsp3) is 0.667. The van der Waals surface area contributed by atoms with E-state index >= 15 is 0 Å². The van der Waals surface area contributed by atoms with Crippen LogP contribution >= 0.6 is 11.8 Å². The molecule has 1 atom stereocenters. The van der Waals surface area contributed by atoms with E-state index in [-0.39, 0.29) is 0 Å². The monoisotopic (exact) mass is 212 g/mol. The molecule has 14 heavy (non-hydrogen) atoms. The summed E-state index contributed by atoms with van der Waals surface area (Å²) in [6.45, 7) is 1.77. The zero-order valence-electron chi connectivity index (χ0n) is 8.02. The molecule has 1 aromatic rings. The van der Waals surface area contributed by atoms with Gasteiger partial charge in [-0.2, -0.15) is 0 Å². The van der Waals surface area contributed by atoms with Crippen molar-refractivity contribution in [2.24, 2.45) is 0 Å². The maximum Gasteiger partial charge on any atom is 0.276 e. The second-order valence-corrected chi connectivity index (χ2v) is 4.71. The van der Waals surface area contributed by atoms with Crippen LogP contribution in [0.2, 0.25) is 0 Å². The van der Waals surface area contributed by atoms with Crippen LogP contribution in [0.15, 0.2) is 9.64 Å². The van der Waals surface area contributed by atoms with E-state index in [1.807, 2.05) is 0 Å². The molecule has 1 aliphatic rings. The lowest BCUT2D eigenvalue weighted by atomic mass is 9.99. The first-order valence-electron chi connectivity index (χ1n) is 4.72. The number of thioether (sulfide) groups is 1. The Labute approximate surface area is 86.5 Å². The summed E-state index contributed by atoms with van der Waals surface area (Å²) >= 11 is 1.53. The van der Waals surface area contributed by atoms with E-state index in [2.05, 4.69) is 10.2 Å². The molecule has 5 heteroatoms. The van der Waals surface area contributed by atoms with Crippen LogP contribution in [0.5, 0.6) is 0 Å². The van der Waals surface area contributed by atoms with E-state index in [0.717, 1.165) is 19.3 Å². The number of carbonyl (C=O) groups excluding carboxylic acids is 1. The molecule has 1 aromatic heterocycles. The van der Waals surface area contributed by atoms with Crippen molar-refractivity contribution >= 4 is 17.5 Å². The molecule has 2 rings (SSSR count). The van der Waals surface area contributed by atoms with Crippen LogP contribution in [0.4, 0.5) is 0 Å². The third-order valence-electron chi connectivity index (χ3n) is 2.21. The minimum atomic E-state index is 0.330. The molecule has 0 amide bonds. The van der Waals surface area contributed by atoms with Crippen molar-refractivity contribution in [3.05, 3.63) is 5.89 Å². The Morgan fingerprint density at radius 2 is 2.36 bits per heavy atom. The van der Waals surface area contributed by atoms with Gasteiger partial charge in [-0.25, -0.2) is 0 Å². The average Bonchev–Trinajstić information content (AvgIpc) is 2.51. The molecule has 0 aliphatic heterocycles. The first-order chi connectivity index (χ1) is 6.74. The number of nitrogens with zero attached hydrogens (tertiary/aromatic N) is 2. The van der Waals surface area contributed by atoms with Gasteiger partial charge in [0, 0.05) is 25.0 Å². The Balaban J connectivity index is 1.93. The van der Waals surface area contributed by atoms with Crippen molar-refractivity contribution in [3.63, 3.8) is 0 Å². The number of aromatic nitrogens is 2. The van der Waals surface area contributed by atoms with Crippen LogP contribution in [0.1, 0.15) is 31.6 Å². The number of carbonyl (C=O) groups is 1. The maximum absolute atomic E-state index is 11.2. The molecule has 0 saturated heterocycles. The van der Waals surface area contributed by atoms with E-state index in [1.165, 1.54) is 11.8 Å². The quantitative estimate of drug-likeness (QED) is 0.750. The van der Waals surface area contributed by atoms with E-state index in [9.17, 15) is 4.79 Å². The molecule has 1 saturated carbocycles. The largest absolute Gasteiger partial charge is 0.416 e. The van der Waals surface area contributed by atoms with Crippen molar-refractivity contribution in [1.82, 2.24) is 10.2 Å². The van der Waals surface area contributed by atoms with Crippen LogP contribution in [-0.4, -0.2) is 21.2 Å². The second-order valence-electron chi connectivity index (χ2n) is 3.46. The van der Waals surface area contributed by atoms with Crippen LogP contribution in [-0.2, 0) is 4.79 Å². The Bertz CT molecular complexity index is 337. The number of hydrogen-bond donors (Lipinski definition) is 0. The van der Waals surface area contributed by atoms with Crippen molar-refractivity contribution in [3.8, 4) is 0 Å². The van der Waals surface area contributed by atoms with E-state index in [4.69, 9.17) is 4.42 Å². The van der Waals surface area contributed by atoms with Gasteiger partial charge in [0.05, 0.1) is 0 Å². The third-order valence-corrected chi connectivity index (χ3v) is 3.31. The molecule has 1 aliphatic carbocycles. The molecule has 4 nitrogen and oxygen atoms in total. The van der Waals surface area contributed by atoms with Gasteiger partial charge in [-0.3, -0.25) is 4.79 Å². The highest BCUT2D eigenvalue weighted by Gasteiger charge is 2.22. The molecule has 0 bridgehead atoms. The fourth-order valence-electron chi connectivity index (χ4n) is 1.55. The molecular formula is C9H12N2O2S.